The summed E-state index contributed by atoms with van der Waals surface area (Å²) in [6, 6.07) is 25.6. The normalized spacial score (nSPS) is 21.4. The van der Waals surface area contributed by atoms with Crippen molar-refractivity contribution in [3.05, 3.63) is 113 Å². The number of carbonyl (C=O) groups is 1. The number of carboxylic acid groups (broad SMARTS) is 1. The molecule has 1 fully saturated rings. The third-order valence-electron chi connectivity index (χ3n) is 8.77. The van der Waals surface area contributed by atoms with Crippen molar-refractivity contribution in [3.63, 3.8) is 0 Å². The van der Waals surface area contributed by atoms with Crippen LogP contribution in [0, 0.1) is 5.92 Å². The van der Waals surface area contributed by atoms with Crippen LogP contribution >= 0.6 is 0 Å². The van der Waals surface area contributed by atoms with Crippen molar-refractivity contribution in [3.8, 4) is 22.6 Å². The number of aromatic nitrogens is 2. The van der Waals surface area contributed by atoms with Crippen LogP contribution in [0.15, 0.2) is 90.9 Å². The fraction of sp³-hybridized carbons (Fsp3) is 0.294. The van der Waals surface area contributed by atoms with E-state index in [0.717, 1.165) is 59.9 Å². The third kappa shape index (κ3) is 5.26. The lowest BCUT2D eigenvalue weighted by Crippen LogP contribution is -2.33. The summed E-state index contributed by atoms with van der Waals surface area (Å²) in [5.41, 5.74) is 13.8. The summed E-state index contributed by atoms with van der Waals surface area (Å²) in [6.45, 7) is 4.59. The minimum atomic E-state index is -0.953. The fourth-order valence-electron chi connectivity index (χ4n) is 6.62. The number of hydrogen-bond donors (Lipinski definition) is 3. The summed E-state index contributed by atoms with van der Waals surface area (Å²) < 4.78 is 7.90. The van der Waals surface area contributed by atoms with Crippen LogP contribution in [0.2, 0.25) is 0 Å². The van der Waals surface area contributed by atoms with Crippen LogP contribution < -0.4 is 15.7 Å². The van der Waals surface area contributed by atoms with Crippen molar-refractivity contribution in [1.29, 1.82) is 0 Å². The van der Waals surface area contributed by atoms with Gasteiger partial charge >= 0.3 is 5.97 Å². The number of allylic oxidation sites excluding steroid dienone is 1. The predicted molar refractivity (Wildman–Crippen MR) is 164 cm³/mol. The van der Waals surface area contributed by atoms with Gasteiger partial charge < -0.3 is 15.3 Å². The Kier molecular flexibility index (Phi) is 7.12. The standard InChI is InChI=1S/C34H36N6O3/c1-3-31-26-12-4-5-13-32(26)43-15-14-39(31)20-22-8-6-9-23(16-22)24-10-7-11-25(17-24)40-33(29(19-35-40)34(41)42)28-18-27(28)30-21-38(2)37-36-30/h4-13,16-17,19,21,27-28,31,36-37H,3,14-15,18,20H2,1-2H3,(H,41,42)/t27-,28-,31+/m1/s1. The van der Waals surface area contributed by atoms with Gasteiger partial charge in [-0.25, -0.2) is 9.48 Å². The Hall–Kier alpha value is -4.60. The molecule has 1 saturated carbocycles. The Morgan fingerprint density at radius 3 is 2.65 bits per heavy atom. The Bertz CT molecular complexity index is 1700. The number of carboxylic acids is 1. The summed E-state index contributed by atoms with van der Waals surface area (Å²) in [6.07, 6.45) is 5.37. The smallest absolute Gasteiger partial charge is 0.339 e. The highest BCUT2D eigenvalue weighted by Gasteiger charge is 2.46. The van der Waals surface area contributed by atoms with Gasteiger partial charge in [0.05, 0.1) is 17.6 Å². The molecule has 3 aromatic carbocycles. The molecule has 0 radical (unpaired) electrons. The zero-order valence-electron chi connectivity index (χ0n) is 24.4. The van der Waals surface area contributed by atoms with Crippen molar-refractivity contribution < 1.29 is 14.6 Å². The van der Waals surface area contributed by atoms with Crippen molar-refractivity contribution in [2.45, 2.75) is 38.3 Å². The number of benzene rings is 3. The van der Waals surface area contributed by atoms with E-state index in [9.17, 15) is 9.90 Å². The average molecular weight is 577 g/mol. The number of fused-ring (bicyclic) bond motifs is 1. The average Bonchev–Trinajstić information content (AvgIpc) is 3.53. The number of ether oxygens (including phenoxy) is 1. The summed E-state index contributed by atoms with van der Waals surface area (Å²) in [4.78, 5) is 14.7. The van der Waals surface area contributed by atoms with E-state index in [0.29, 0.717) is 12.6 Å². The first-order valence-corrected chi connectivity index (χ1v) is 14.9. The quantitative estimate of drug-likeness (QED) is 0.254. The van der Waals surface area contributed by atoms with Gasteiger partial charge in [-0.3, -0.25) is 9.91 Å². The van der Waals surface area contributed by atoms with Crippen LogP contribution in [0.25, 0.3) is 16.8 Å². The largest absolute Gasteiger partial charge is 0.492 e. The molecule has 1 aromatic heterocycles. The summed E-state index contributed by atoms with van der Waals surface area (Å²) in [5, 5.41) is 16.4. The van der Waals surface area contributed by atoms with Crippen LogP contribution in [-0.2, 0) is 6.54 Å². The number of hydrazine groups is 2. The van der Waals surface area contributed by atoms with Gasteiger partial charge in [0.2, 0.25) is 0 Å². The summed E-state index contributed by atoms with van der Waals surface area (Å²) in [5.74, 6) is 0.325. The van der Waals surface area contributed by atoms with E-state index >= 15 is 0 Å². The number of nitrogens with one attached hydrogen (secondary N) is 2. The highest BCUT2D eigenvalue weighted by atomic mass is 16.5. The zero-order valence-corrected chi connectivity index (χ0v) is 24.4. The molecule has 3 aliphatic rings. The van der Waals surface area contributed by atoms with Crippen molar-refractivity contribution in [1.82, 2.24) is 30.6 Å². The maximum absolute atomic E-state index is 12.2. The molecule has 4 aromatic rings. The molecule has 7 rings (SSSR count). The maximum Gasteiger partial charge on any atom is 0.339 e. The maximum atomic E-state index is 12.2. The highest BCUT2D eigenvalue weighted by molar-refractivity contribution is 5.89. The van der Waals surface area contributed by atoms with E-state index < -0.39 is 5.97 Å². The summed E-state index contributed by atoms with van der Waals surface area (Å²) >= 11 is 0. The molecule has 0 bridgehead atoms. The molecular weight excluding hydrogens is 540 g/mol. The first-order chi connectivity index (χ1) is 21.0. The lowest BCUT2D eigenvalue weighted by Gasteiger charge is -2.29. The Balaban J connectivity index is 1.16. The number of para-hydroxylation sites is 1. The minimum Gasteiger partial charge on any atom is -0.492 e. The monoisotopic (exact) mass is 576 g/mol. The van der Waals surface area contributed by atoms with Gasteiger partial charge in [-0.05, 0) is 53.8 Å². The van der Waals surface area contributed by atoms with Crippen LogP contribution in [0.5, 0.6) is 5.75 Å². The number of nitrogens with zero attached hydrogens (tertiary/aromatic N) is 4. The Labute approximate surface area is 251 Å². The molecule has 220 valence electrons. The van der Waals surface area contributed by atoms with E-state index in [2.05, 4.69) is 82.5 Å². The molecule has 3 heterocycles. The predicted octanol–water partition coefficient (Wildman–Crippen LogP) is 5.48. The second-order valence-electron chi connectivity index (χ2n) is 11.6. The van der Waals surface area contributed by atoms with E-state index in [1.807, 2.05) is 41.1 Å². The molecule has 43 heavy (non-hydrogen) atoms. The SMILES string of the molecule is CC[C@H]1c2ccccc2OCCN1Cc1cccc(-c2cccc(-n3ncc(C(=O)O)c3[C@@H]3C[C@H]3C3=CN(C)NN3)c2)c1. The molecule has 2 aliphatic heterocycles. The lowest BCUT2D eigenvalue weighted by molar-refractivity contribution is 0.0695. The molecule has 0 saturated heterocycles. The Morgan fingerprint density at radius 1 is 1.05 bits per heavy atom. The van der Waals surface area contributed by atoms with Crippen molar-refractivity contribution in [2.75, 3.05) is 20.2 Å². The topological polar surface area (TPSA) is 94.9 Å². The van der Waals surface area contributed by atoms with E-state index in [1.54, 1.807) is 0 Å². The number of hydrogen-bond acceptors (Lipinski definition) is 7. The van der Waals surface area contributed by atoms with Gasteiger partial charge in [-0.2, -0.15) is 5.10 Å². The minimum absolute atomic E-state index is 0.0712. The van der Waals surface area contributed by atoms with E-state index in [-0.39, 0.29) is 17.4 Å². The second kappa shape index (κ2) is 11.2. The molecule has 9 nitrogen and oxygen atoms in total. The number of rotatable bonds is 8. The summed E-state index contributed by atoms with van der Waals surface area (Å²) in [7, 11) is 1.92. The third-order valence-corrected chi connectivity index (χ3v) is 8.77. The molecular formula is C34H36N6O3. The highest BCUT2D eigenvalue weighted by Crippen LogP contribution is 2.52. The second-order valence-corrected chi connectivity index (χ2v) is 11.6. The van der Waals surface area contributed by atoms with E-state index in [1.165, 1.54) is 17.3 Å². The molecule has 3 atom stereocenters. The van der Waals surface area contributed by atoms with Gasteiger partial charge in [0, 0.05) is 55.5 Å². The van der Waals surface area contributed by atoms with Crippen molar-refractivity contribution >= 4 is 5.97 Å². The van der Waals surface area contributed by atoms with Crippen LogP contribution in [-0.4, -0.2) is 51.0 Å². The molecule has 3 N–H and O–H groups in total. The molecule has 1 aliphatic carbocycles. The lowest BCUT2D eigenvalue weighted by atomic mass is 9.99. The van der Waals surface area contributed by atoms with Gasteiger partial charge in [-0.1, -0.05) is 55.5 Å². The van der Waals surface area contributed by atoms with Crippen LogP contribution in [0.3, 0.4) is 0 Å². The molecule has 0 amide bonds. The van der Waals surface area contributed by atoms with Crippen LogP contribution in [0.1, 0.15) is 58.9 Å². The van der Waals surface area contributed by atoms with Gasteiger partial charge in [-0.15, -0.1) is 5.53 Å². The van der Waals surface area contributed by atoms with E-state index in [4.69, 9.17) is 4.74 Å². The zero-order chi connectivity index (χ0) is 29.5. The van der Waals surface area contributed by atoms with Gasteiger partial charge in [0.15, 0.2) is 0 Å². The van der Waals surface area contributed by atoms with Crippen LogP contribution in [0.4, 0.5) is 0 Å². The first kappa shape index (κ1) is 27.2. The first-order valence-electron chi connectivity index (χ1n) is 14.9. The van der Waals surface area contributed by atoms with Crippen molar-refractivity contribution in [2.24, 2.45) is 5.92 Å². The van der Waals surface area contributed by atoms with Gasteiger partial charge in [0.25, 0.3) is 0 Å². The fourth-order valence-corrected chi connectivity index (χ4v) is 6.62. The molecule has 0 spiro atoms. The van der Waals surface area contributed by atoms with Gasteiger partial charge in [0.1, 0.15) is 17.9 Å². The number of aromatic carboxylic acids is 1. The molecule has 0 unspecified atom stereocenters. The molecule has 9 heteroatoms. The Morgan fingerprint density at radius 2 is 1.86 bits per heavy atom.